The lowest BCUT2D eigenvalue weighted by Crippen LogP contribution is -2.24. The Morgan fingerprint density at radius 2 is 2.12 bits per heavy atom. The molecule has 0 aromatic carbocycles. The van der Waals surface area contributed by atoms with Gasteiger partial charge in [-0.15, -0.1) is 0 Å². The van der Waals surface area contributed by atoms with Crippen molar-refractivity contribution in [3.63, 3.8) is 0 Å². The standard InChI is InChI=1S/C14H22N2O/c1-14(7-3-2-4-8-14)12-10-16-13(17-12)11-6-5-9-15-11/h10-11,15H,2-9H2,1H3. The highest BCUT2D eigenvalue weighted by molar-refractivity contribution is 5.12. The van der Waals surface area contributed by atoms with Crippen molar-refractivity contribution in [2.45, 2.75) is 63.3 Å². The van der Waals surface area contributed by atoms with Crippen LogP contribution in [0.5, 0.6) is 0 Å². The van der Waals surface area contributed by atoms with Gasteiger partial charge >= 0.3 is 0 Å². The van der Waals surface area contributed by atoms with Crippen molar-refractivity contribution < 1.29 is 4.42 Å². The van der Waals surface area contributed by atoms with Crippen molar-refractivity contribution in [3.8, 4) is 0 Å². The molecule has 1 aliphatic heterocycles. The van der Waals surface area contributed by atoms with Crippen LogP contribution in [0.3, 0.4) is 0 Å². The molecule has 1 atom stereocenters. The third kappa shape index (κ3) is 2.13. The lowest BCUT2D eigenvalue weighted by Gasteiger charge is -2.31. The predicted octanol–water partition coefficient (Wildman–Crippen LogP) is 3.32. The van der Waals surface area contributed by atoms with Crippen molar-refractivity contribution in [2.24, 2.45) is 0 Å². The van der Waals surface area contributed by atoms with E-state index in [2.05, 4.69) is 17.2 Å². The molecule has 0 spiro atoms. The summed E-state index contributed by atoms with van der Waals surface area (Å²) in [5.41, 5.74) is 0.238. The lowest BCUT2D eigenvalue weighted by atomic mass is 9.74. The molecule has 3 nitrogen and oxygen atoms in total. The number of aromatic nitrogens is 1. The molecule has 0 amide bonds. The number of rotatable bonds is 2. The van der Waals surface area contributed by atoms with Gasteiger partial charge in [0, 0.05) is 5.41 Å². The molecule has 1 aliphatic carbocycles. The monoisotopic (exact) mass is 234 g/mol. The summed E-state index contributed by atoms with van der Waals surface area (Å²) < 4.78 is 6.04. The molecule has 1 aromatic rings. The van der Waals surface area contributed by atoms with Crippen molar-refractivity contribution in [1.29, 1.82) is 0 Å². The molecule has 1 saturated heterocycles. The van der Waals surface area contributed by atoms with Gasteiger partial charge in [-0.3, -0.25) is 0 Å². The van der Waals surface area contributed by atoms with Crippen LogP contribution < -0.4 is 5.32 Å². The van der Waals surface area contributed by atoms with E-state index in [1.807, 2.05) is 6.20 Å². The van der Waals surface area contributed by atoms with Gasteiger partial charge in [-0.25, -0.2) is 4.98 Å². The zero-order valence-electron chi connectivity index (χ0n) is 10.7. The molecule has 0 bridgehead atoms. The zero-order valence-corrected chi connectivity index (χ0v) is 10.7. The van der Waals surface area contributed by atoms with Gasteiger partial charge < -0.3 is 9.73 Å². The van der Waals surface area contributed by atoms with Crippen LogP contribution in [0.1, 0.15) is 69.6 Å². The molecular weight excluding hydrogens is 212 g/mol. The van der Waals surface area contributed by atoms with Crippen LogP contribution in [-0.2, 0) is 5.41 Å². The number of hydrogen-bond acceptors (Lipinski definition) is 3. The van der Waals surface area contributed by atoms with Crippen LogP contribution in [-0.4, -0.2) is 11.5 Å². The Morgan fingerprint density at radius 1 is 1.29 bits per heavy atom. The normalized spacial score (nSPS) is 28.4. The maximum absolute atomic E-state index is 6.04. The fraction of sp³-hybridized carbons (Fsp3) is 0.786. The lowest BCUT2D eigenvalue weighted by molar-refractivity contribution is 0.255. The summed E-state index contributed by atoms with van der Waals surface area (Å²) in [5, 5.41) is 3.45. The van der Waals surface area contributed by atoms with E-state index in [-0.39, 0.29) is 5.41 Å². The first-order valence-corrected chi connectivity index (χ1v) is 6.97. The van der Waals surface area contributed by atoms with E-state index in [1.165, 1.54) is 38.5 Å². The first-order chi connectivity index (χ1) is 8.28. The molecule has 1 N–H and O–H groups in total. The summed E-state index contributed by atoms with van der Waals surface area (Å²) in [5.74, 6) is 2.02. The van der Waals surface area contributed by atoms with Crippen LogP contribution in [0.15, 0.2) is 10.6 Å². The Morgan fingerprint density at radius 3 is 2.82 bits per heavy atom. The van der Waals surface area contributed by atoms with Gasteiger partial charge in [0.15, 0.2) is 0 Å². The predicted molar refractivity (Wildman–Crippen MR) is 66.9 cm³/mol. The SMILES string of the molecule is CC1(c2cnc(C3CCCN3)o2)CCCCC1. The van der Waals surface area contributed by atoms with Crippen LogP contribution in [0.25, 0.3) is 0 Å². The van der Waals surface area contributed by atoms with Crippen LogP contribution in [0.2, 0.25) is 0 Å². The van der Waals surface area contributed by atoms with Gasteiger partial charge in [0.05, 0.1) is 12.2 Å². The van der Waals surface area contributed by atoms with Crippen LogP contribution in [0, 0.1) is 0 Å². The van der Waals surface area contributed by atoms with Gasteiger partial charge in [-0.05, 0) is 32.2 Å². The van der Waals surface area contributed by atoms with Crippen molar-refractivity contribution in [2.75, 3.05) is 6.54 Å². The van der Waals surface area contributed by atoms with Gasteiger partial charge in [0.1, 0.15) is 5.76 Å². The second-order valence-corrected chi connectivity index (χ2v) is 5.83. The van der Waals surface area contributed by atoms with Crippen LogP contribution in [0.4, 0.5) is 0 Å². The Labute approximate surface area is 103 Å². The van der Waals surface area contributed by atoms with E-state index in [4.69, 9.17) is 4.42 Å². The summed E-state index contributed by atoms with van der Waals surface area (Å²) in [6.45, 7) is 3.43. The van der Waals surface area contributed by atoms with Crippen molar-refractivity contribution in [3.05, 3.63) is 17.8 Å². The fourth-order valence-corrected chi connectivity index (χ4v) is 3.20. The molecule has 3 rings (SSSR count). The van der Waals surface area contributed by atoms with Crippen molar-refractivity contribution in [1.82, 2.24) is 10.3 Å². The minimum absolute atomic E-state index is 0.238. The molecule has 1 unspecified atom stereocenters. The molecule has 2 aliphatic rings. The molecule has 2 fully saturated rings. The molecule has 17 heavy (non-hydrogen) atoms. The maximum Gasteiger partial charge on any atom is 0.211 e. The third-order valence-corrected chi connectivity index (χ3v) is 4.43. The first-order valence-electron chi connectivity index (χ1n) is 6.97. The zero-order chi connectivity index (χ0) is 11.7. The highest BCUT2D eigenvalue weighted by atomic mass is 16.4. The molecular formula is C14H22N2O. The summed E-state index contributed by atoms with van der Waals surface area (Å²) >= 11 is 0. The highest BCUT2D eigenvalue weighted by Gasteiger charge is 2.33. The fourth-order valence-electron chi connectivity index (χ4n) is 3.20. The molecule has 94 valence electrons. The second kappa shape index (κ2) is 4.45. The average molecular weight is 234 g/mol. The Balaban J connectivity index is 1.78. The van der Waals surface area contributed by atoms with E-state index in [9.17, 15) is 0 Å². The van der Waals surface area contributed by atoms with Gasteiger partial charge in [-0.2, -0.15) is 0 Å². The van der Waals surface area contributed by atoms with Crippen molar-refractivity contribution >= 4 is 0 Å². The summed E-state index contributed by atoms with van der Waals surface area (Å²) in [7, 11) is 0. The van der Waals surface area contributed by atoms with Gasteiger partial charge in [-0.1, -0.05) is 26.2 Å². The quantitative estimate of drug-likeness (QED) is 0.853. The minimum Gasteiger partial charge on any atom is -0.443 e. The molecule has 3 heteroatoms. The maximum atomic E-state index is 6.04. The Kier molecular flexibility index (Phi) is 2.95. The largest absolute Gasteiger partial charge is 0.443 e. The van der Waals surface area contributed by atoms with E-state index in [1.54, 1.807) is 0 Å². The molecule has 1 aromatic heterocycles. The summed E-state index contributed by atoms with van der Waals surface area (Å²) in [6.07, 6.45) is 10.9. The minimum atomic E-state index is 0.238. The van der Waals surface area contributed by atoms with E-state index in [0.29, 0.717) is 6.04 Å². The van der Waals surface area contributed by atoms with E-state index < -0.39 is 0 Å². The molecule has 0 radical (unpaired) electrons. The Bertz CT molecular complexity index is 373. The van der Waals surface area contributed by atoms with Gasteiger partial charge in [0.2, 0.25) is 5.89 Å². The molecule has 2 heterocycles. The average Bonchev–Trinajstić information content (AvgIpc) is 3.01. The van der Waals surface area contributed by atoms with Gasteiger partial charge in [0.25, 0.3) is 0 Å². The van der Waals surface area contributed by atoms with Crippen LogP contribution >= 0.6 is 0 Å². The van der Waals surface area contributed by atoms with E-state index >= 15 is 0 Å². The smallest absolute Gasteiger partial charge is 0.211 e. The number of nitrogens with zero attached hydrogens (tertiary/aromatic N) is 1. The topological polar surface area (TPSA) is 38.1 Å². The third-order valence-electron chi connectivity index (χ3n) is 4.43. The summed E-state index contributed by atoms with van der Waals surface area (Å²) in [6, 6.07) is 0.357. The number of oxazole rings is 1. The number of hydrogen-bond donors (Lipinski definition) is 1. The highest BCUT2D eigenvalue weighted by Crippen LogP contribution is 2.39. The van der Waals surface area contributed by atoms with E-state index in [0.717, 1.165) is 24.6 Å². The summed E-state index contributed by atoms with van der Waals surface area (Å²) in [4.78, 5) is 4.49. The molecule has 1 saturated carbocycles. The number of nitrogens with one attached hydrogen (secondary N) is 1. The Hall–Kier alpha value is -0.830. The first kappa shape index (κ1) is 11.3. The second-order valence-electron chi connectivity index (χ2n) is 5.83.